The Morgan fingerprint density at radius 3 is 2.48 bits per heavy atom. The van der Waals surface area contributed by atoms with E-state index in [2.05, 4.69) is 0 Å². The third kappa shape index (κ3) is 2.10. The molecule has 0 bridgehead atoms. The smallest absolute Gasteiger partial charge is 0.261 e. The van der Waals surface area contributed by atoms with Crippen molar-refractivity contribution in [3.63, 3.8) is 0 Å². The molecule has 1 aliphatic carbocycles. The van der Waals surface area contributed by atoms with Gasteiger partial charge in [0.25, 0.3) is 5.78 Å². The van der Waals surface area contributed by atoms with Gasteiger partial charge in [-0.05, 0) is 35.4 Å². The number of ether oxygens (including phenoxy) is 3. The number of carbonyl (C=O) groups is 1. The number of methoxy groups -OCH3 is 2. The number of benzene rings is 1. The molecule has 0 fully saturated rings. The second-order valence-electron chi connectivity index (χ2n) is 5.13. The van der Waals surface area contributed by atoms with E-state index < -0.39 is 5.41 Å². The van der Waals surface area contributed by atoms with Crippen LogP contribution in [0, 0.1) is 0 Å². The van der Waals surface area contributed by atoms with Crippen LogP contribution in [-0.4, -0.2) is 31.7 Å². The minimum absolute atomic E-state index is 0.188. The summed E-state index contributed by atoms with van der Waals surface area (Å²) >= 11 is 0. The van der Waals surface area contributed by atoms with Gasteiger partial charge in [0.05, 0.1) is 32.8 Å². The maximum atomic E-state index is 12.1. The molecule has 5 heteroatoms. The molecule has 0 saturated carbocycles. The Bertz CT molecular complexity index is 633. The lowest BCUT2D eigenvalue weighted by Crippen LogP contribution is -2.37. The molecule has 1 aromatic carbocycles. The minimum atomic E-state index is -0.619. The minimum Gasteiger partial charge on any atom is -0.508 e. The maximum Gasteiger partial charge on any atom is 0.261 e. The Morgan fingerprint density at radius 2 is 1.86 bits per heavy atom. The first-order valence-electron chi connectivity index (χ1n) is 6.58. The van der Waals surface area contributed by atoms with Crippen LogP contribution in [0.25, 0.3) is 0 Å². The normalized spacial score (nSPS) is 19.6. The lowest BCUT2D eigenvalue weighted by atomic mass is 9.74. The summed E-state index contributed by atoms with van der Waals surface area (Å²) in [5.41, 5.74) is 1.24. The molecule has 0 radical (unpaired) electrons. The average Bonchev–Trinajstić information content (AvgIpc) is 2.49. The Balaban J connectivity index is 2.20. The number of carbonyl (C=O) groups excluding carboxylic acids is 1. The average molecular weight is 288 g/mol. The largest absolute Gasteiger partial charge is 0.508 e. The van der Waals surface area contributed by atoms with Crippen molar-refractivity contribution < 1.29 is 24.1 Å². The zero-order valence-electron chi connectivity index (χ0n) is 11.9. The van der Waals surface area contributed by atoms with Crippen molar-refractivity contribution in [3.05, 3.63) is 53.0 Å². The standard InChI is InChI=1S/C16H16O5/c1-19-13-6-16(7-14(20-2)15(13)18)9-21-8-10-5-11(17)3-4-12(10)16/h3-7,17H,8-9H2,1-2H3. The SMILES string of the molecule is COC1=CC2(C=C(OC)C1=O)COCc1cc(O)ccc12. The van der Waals surface area contributed by atoms with Gasteiger partial charge in [0.2, 0.25) is 0 Å². The number of hydrogen-bond donors (Lipinski definition) is 1. The molecule has 0 unspecified atom stereocenters. The van der Waals surface area contributed by atoms with Gasteiger partial charge in [0.1, 0.15) is 5.75 Å². The monoisotopic (exact) mass is 288 g/mol. The second-order valence-corrected chi connectivity index (χ2v) is 5.13. The van der Waals surface area contributed by atoms with E-state index in [9.17, 15) is 9.90 Å². The van der Waals surface area contributed by atoms with E-state index in [1.54, 1.807) is 24.3 Å². The molecule has 0 aromatic heterocycles. The van der Waals surface area contributed by atoms with Crippen LogP contribution in [0.1, 0.15) is 11.1 Å². The van der Waals surface area contributed by atoms with Crippen molar-refractivity contribution in [1.29, 1.82) is 0 Å². The summed E-state index contributed by atoms with van der Waals surface area (Å²) < 4.78 is 16.0. The first-order valence-corrected chi connectivity index (χ1v) is 6.58. The number of phenols is 1. The van der Waals surface area contributed by atoms with Gasteiger partial charge < -0.3 is 19.3 Å². The second kappa shape index (κ2) is 4.93. The highest BCUT2D eigenvalue weighted by Crippen LogP contribution is 2.40. The maximum absolute atomic E-state index is 12.1. The summed E-state index contributed by atoms with van der Waals surface area (Å²) in [6.45, 7) is 0.809. The van der Waals surface area contributed by atoms with E-state index in [0.29, 0.717) is 13.2 Å². The number of phenolic OH excluding ortho intramolecular Hbond substituents is 1. The third-order valence-corrected chi connectivity index (χ3v) is 3.85. The summed E-state index contributed by atoms with van der Waals surface area (Å²) in [5, 5.41) is 9.62. The molecule has 21 heavy (non-hydrogen) atoms. The summed E-state index contributed by atoms with van der Waals surface area (Å²) in [7, 11) is 2.91. The molecule has 0 amide bonds. The number of fused-ring (bicyclic) bond motifs is 2. The third-order valence-electron chi connectivity index (χ3n) is 3.85. The summed E-state index contributed by atoms with van der Waals surface area (Å²) in [5.74, 6) is 0.377. The Kier molecular flexibility index (Phi) is 3.22. The molecule has 1 aliphatic heterocycles. The van der Waals surface area contributed by atoms with Gasteiger partial charge in [-0.15, -0.1) is 0 Å². The molecular formula is C16H16O5. The molecule has 1 aromatic rings. The van der Waals surface area contributed by atoms with Crippen molar-refractivity contribution in [2.75, 3.05) is 20.8 Å². The predicted octanol–water partition coefficient (Wildman–Crippen LogP) is 1.80. The van der Waals surface area contributed by atoms with Crippen LogP contribution in [0.4, 0.5) is 0 Å². The quantitative estimate of drug-likeness (QED) is 0.899. The molecule has 3 rings (SSSR count). The molecule has 1 heterocycles. The van der Waals surface area contributed by atoms with Gasteiger partial charge in [0.15, 0.2) is 11.5 Å². The molecule has 110 valence electrons. The highest BCUT2D eigenvalue weighted by Gasteiger charge is 2.40. The summed E-state index contributed by atoms with van der Waals surface area (Å²) in [6, 6.07) is 5.15. The Morgan fingerprint density at radius 1 is 1.19 bits per heavy atom. The molecular weight excluding hydrogens is 272 g/mol. The molecule has 0 saturated heterocycles. The number of Topliss-reactive ketones (excluding diaryl/α,β-unsaturated/α-hetero) is 1. The molecule has 2 aliphatic rings. The van der Waals surface area contributed by atoms with Crippen LogP contribution in [0.2, 0.25) is 0 Å². The zero-order valence-corrected chi connectivity index (χ0v) is 11.9. The van der Waals surface area contributed by atoms with Gasteiger partial charge in [-0.3, -0.25) is 4.79 Å². The lowest BCUT2D eigenvalue weighted by molar-refractivity contribution is -0.118. The topological polar surface area (TPSA) is 65.0 Å². The highest BCUT2D eigenvalue weighted by molar-refractivity contribution is 6.07. The first kappa shape index (κ1) is 13.7. The highest BCUT2D eigenvalue weighted by atomic mass is 16.5. The van der Waals surface area contributed by atoms with Crippen LogP contribution < -0.4 is 0 Å². The van der Waals surface area contributed by atoms with Crippen LogP contribution in [0.3, 0.4) is 0 Å². The molecule has 1 N–H and O–H groups in total. The fraction of sp³-hybridized carbons (Fsp3) is 0.312. The van der Waals surface area contributed by atoms with Gasteiger partial charge in [0, 0.05) is 0 Å². The van der Waals surface area contributed by atoms with Crippen LogP contribution in [0.15, 0.2) is 41.9 Å². The molecule has 0 atom stereocenters. The van der Waals surface area contributed by atoms with Crippen molar-refractivity contribution in [2.24, 2.45) is 0 Å². The number of aromatic hydroxyl groups is 1. The van der Waals surface area contributed by atoms with Crippen molar-refractivity contribution in [3.8, 4) is 5.75 Å². The van der Waals surface area contributed by atoms with Crippen LogP contribution in [-0.2, 0) is 31.0 Å². The lowest BCUT2D eigenvalue weighted by Gasteiger charge is -2.36. The van der Waals surface area contributed by atoms with Crippen LogP contribution in [0.5, 0.6) is 5.75 Å². The number of hydrogen-bond acceptors (Lipinski definition) is 5. The van der Waals surface area contributed by atoms with E-state index in [0.717, 1.165) is 11.1 Å². The fourth-order valence-electron chi connectivity index (χ4n) is 2.87. The van der Waals surface area contributed by atoms with Gasteiger partial charge in [-0.2, -0.15) is 0 Å². The molecule has 5 nitrogen and oxygen atoms in total. The van der Waals surface area contributed by atoms with Crippen molar-refractivity contribution >= 4 is 5.78 Å². The first-order chi connectivity index (χ1) is 10.1. The van der Waals surface area contributed by atoms with Crippen molar-refractivity contribution in [1.82, 2.24) is 0 Å². The zero-order chi connectivity index (χ0) is 15.0. The van der Waals surface area contributed by atoms with Gasteiger partial charge in [-0.1, -0.05) is 6.07 Å². The number of ketones is 1. The summed E-state index contributed by atoms with van der Waals surface area (Å²) in [4.78, 5) is 12.1. The van der Waals surface area contributed by atoms with E-state index in [-0.39, 0.29) is 23.1 Å². The van der Waals surface area contributed by atoms with Crippen LogP contribution >= 0.6 is 0 Å². The van der Waals surface area contributed by atoms with Gasteiger partial charge >= 0.3 is 0 Å². The van der Waals surface area contributed by atoms with E-state index in [1.807, 2.05) is 6.07 Å². The van der Waals surface area contributed by atoms with E-state index in [4.69, 9.17) is 14.2 Å². The van der Waals surface area contributed by atoms with E-state index >= 15 is 0 Å². The number of rotatable bonds is 2. The van der Waals surface area contributed by atoms with E-state index in [1.165, 1.54) is 14.2 Å². The fourth-order valence-corrected chi connectivity index (χ4v) is 2.87. The Labute approximate surface area is 122 Å². The molecule has 1 spiro atoms. The Hall–Kier alpha value is -2.27. The predicted molar refractivity (Wildman–Crippen MR) is 74.6 cm³/mol. The van der Waals surface area contributed by atoms with Gasteiger partial charge in [-0.25, -0.2) is 0 Å². The summed E-state index contributed by atoms with van der Waals surface area (Å²) in [6.07, 6.45) is 3.51. The van der Waals surface area contributed by atoms with Crippen molar-refractivity contribution in [2.45, 2.75) is 12.0 Å².